The number of nitrogens with zero attached hydrogens (tertiary/aromatic N) is 5. The van der Waals surface area contributed by atoms with Gasteiger partial charge in [-0.1, -0.05) is 41.1 Å². The smallest absolute Gasteiger partial charge is 0.280 e. The van der Waals surface area contributed by atoms with E-state index in [4.69, 9.17) is 11.6 Å². The van der Waals surface area contributed by atoms with Crippen LogP contribution in [0.3, 0.4) is 0 Å². The number of fused-ring (bicyclic) bond motifs is 2. The SMILES string of the molecule is CN(C)CCCN(C(=O)c1cnc2ccccc2n1)c1nc2c(Cl)cccc2s1.Cl. The Labute approximate surface area is 189 Å². The van der Waals surface area contributed by atoms with E-state index in [1.54, 1.807) is 11.0 Å². The highest BCUT2D eigenvalue weighted by Gasteiger charge is 2.23. The number of thiazole rings is 1. The monoisotopic (exact) mass is 461 g/mol. The average Bonchev–Trinajstić information content (AvgIpc) is 3.15. The Balaban J connectivity index is 0.00000256. The number of halogens is 2. The number of carbonyl (C=O) groups excluding carboxylic acids is 1. The molecule has 9 heteroatoms. The van der Waals surface area contributed by atoms with Crippen LogP contribution in [-0.4, -0.2) is 52.9 Å². The summed E-state index contributed by atoms with van der Waals surface area (Å²) in [6.07, 6.45) is 2.34. The Kier molecular flexibility index (Phi) is 7.20. The number of carbonyl (C=O) groups is 1. The molecule has 0 aliphatic heterocycles. The molecule has 0 unspecified atom stereocenters. The third-order valence-electron chi connectivity index (χ3n) is 4.49. The van der Waals surface area contributed by atoms with Gasteiger partial charge in [-0.05, 0) is 51.3 Å². The molecule has 2 aromatic carbocycles. The number of para-hydroxylation sites is 3. The Morgan fingerprint density at radius 1 is 1.03 bits per heavy atom. The lowest BCUT2D eigenvalue weighted by Crippen LogP contribution is -2.34. The van der Waals surface area contributed by atoms with Crippen LogP contribution in [0.25, 0.3) is 21.3 Å². The number of hydrogen-bond acceptors (Lipinski definition) is 6. The maximum Gasteiger partial charge on any atom is 0.280 e. The van der Waals surface area contributed by atoms with Gasteiger partial charge in [-0.3, -0.25) is 14.7 Å². The molecule has 156 valence electrons. The quantitative estimate of drug-likeness (QED) is 0.407. The molecule has 2 heterocycles. The van der Waals surface area contributed by atoms with Gasteiger partial charge in [-0.15, -0.1) is 12.4 Å². The van der Waals surface area contributed by atoms with E-state index < -0.39 is 0 Å². The lowest BCUT2D eigenvalue weighted by molar-refractivity contribution is 0.0981. The minimum Gasteiger partial charge on any atom is -0.309 e. The van der Waals surface area contributed by atoms with Gasteiger partial charge in [-0.25, -0.2) is 9.97 Å². The minimum atomic E-state index is -0.211. The van der Waals surface area contributed by atoms with Crippen LogP contribution in [0.15, 0.2) is 48.7 Å². The standard InChI is InChI=1S/C21H20ClN5OS.ClH/c1-26(2)11-6-12-27(21-25-19-14(22)7-5-10-18(19)29-21)20(28)17-13-23-15-8-3-4-9-16(15)24-17;/h3-5,7-10,13H,6,11-12H2,1-2H3;1H. The Morgan fingerprint density at radius 2 is 1.80 bits per heavy atom. The second-order valence-corrected chi connectivity index (χ2v) is 8.36. The van der Waals surface area contributed by atoms with Crippen LogP contribution in [0.1, 0.15) is 16.9 Å². The van der Waals surface area contributed by atoms with Crippen molar-refractivity contribution in [3.63, 3.8) is 0 Å². The highest BCUT2D eigenvalue weighted by atomic mass is 35.5. The molecular formula is C21H21Cl2N5OS. The summed E-state index contributed by atoms with van der Waals surface area (Å²) in [7, 11) is 4.02. The normalized spacial score (nSPS) is 11.1. The van der Waals surface area contributed by atoms with E-state index in [1.807, 2.05) is 50.5 Å². The highest BCUT2D eigenvalue weighted by molar-refractivity contribution is 7.22. The number of anilines is 1. The van der Waals surface area contributed by atoms with Crippen LogP contribution in [0.5, 0.6) is 0 Å². The molecular weight excluding hydrogens is 441 g/mol. The number of amides is 1. The van der Waals surface area contributed by atoms with E-state index in [1.165, 1.54) is 17.5 Å². The summed E-state index contributed by atoms with van der Waals surface area (Å²) in [5.41, 5.74) is 2.47. The Morgan fingerprint density at radius 3 is 2.53 bits per heavy atom. The van der Waals surface area contributed by atoms with Crippen molar-refractivity contribution in [2.24, 2.45) is 0 Å². The number of hydrogen-bond donors (Lipinski definition) is 0. The lowest BCUT2D eigenvalue weighted by atomic mass is 10.2. The van der Waals surface area contributed by atoms with E-state index in [0.717, 1.165) is 23.2 Å². The first-order valence-corrected chi connectivity index (χ1v) is 10.5. The van der Waals surface area contributed by atoms with Gasteiger partial charge in [0, 0.05) is 6.54 Å². The maximum atomic E-state index is 13.4. The second kappa shape index (κ2) is 9.66. The van der Waals surface area contributed by atoms with Crippen LogP contribution < -0.4 is 4.90 Å². The molecule has 0 bridgehead atoms. The van der Waals surface area contributed by atoms with Crippen molar-refractivity contribution in [3.05, 3.63) is 59.4 Å². The predicted octanol–water partition coefficient (Wildman–Crippen LogP) is 4.91. The van der Waals surface area contributed by atoms with Crippen molar-refractivity contribution >= 4 is 67.6 Å². The van der Waals surface area contributed by atoms with Crippen molar-refractivity contribution in [1.82, 2.24) is 19.9 Å². The van der Waals surface area contributed by atoms with E-state index in [0.29, 0.717) is 33.4 Å². The van der Waals surface area contributed by atoms with Crippen LogP contribution in [-0.2, 0) is 0 Å². The third-order valence-corrected chi connectivity index (χ3v) is 5.84. The van der Waals surface area contributed by atoms with Crippen molar-refractivity contribution in [3.8, 4) is 0 Å². The molecule has 0 saturated carbocycles. The first-order valence-electron chi connectivity index (χ1n) is 9.26. The van der Waals surface area contributed by atoms with Gasteiger partial charge in [0.15, 0.2) is 5.13 Å². The van der Waals surface area contributed by atoms with Crippen molar-refractivity contribution in [1.29, 1.82) is 0 Å². The van der Waals surface area contributed by atoms with E-state index in [9.17, 15) is 4.79 Å². The molecule has 1 amide bonds. The number of benzene rings is 2. The van der Waals surface area contributed by atoms with Crippen molar-refractivity contribution in [2.45, 2.75) is 6.42 Å². The van der Waals surface area contributed by atoms with Gasteiger partial charge < -0.3 is 4.90 Å². The molecule has 2 aromatic heterocycles. The molecule has 0 saturated heterocycles. The average molecular weight is 462 g/mol. The largest absolute Gasteiger partial charge is 0.309 e. The van der Waals surface area contributed by atoms with Crippen molar-refractivity contribution in [2.75, 3.05) is 32.1 Å². The molecule has 0 fully saturated rings. The van der Waals surface area contributed by atoms with Gasteiger partial charge in [0.25, 0.3) is 5.91 Å². The van der Waals surface area contributed by atoms with Gasteiger partial charge in [0.1, 0.15) is 11.2 Å². The zero-order valence-corrected chi connectivity index (χ0v) is 19.0. The fourth-order valence-electron chi connectivity index (χ4n) is 3.05. The zero-order valence-electron chi connectivity index (χ0n) is 16.6. The topological polar surface area (TPSA) is 62.2 Å². The molecule has 0 N–H and O–H groups in total. The van der Waals surface area contributed by atoms with E-state index in [2.05, 4.69) is 19.9 Å². The fraction of sp³-hybridized carbons (Fsp3) is 0.238. The molecule has 4 aromatic rings. The van der Waals surface area contributed by atoms with Gasteiger partial charge in [0.05, 0.1) is 27.0 Å². The van der Waals surface area contributed by atoms with Crippen molar-refractivity contribution < 1.29 is 4.79 Å². The van der Waals surface area contributed by atoms with Crippen LogP contribution >= 0.6 is 35.3 Å². The van der Waals surface area contributed by atoms with Crippen LogP contribution in [0.2, 0.25) is 5.02 Å². The summed E-state index contributed by atoms with van der Waals surface area (Å²) in [4.78, 5) is 30.7. The Hall–Kier alpha value is -2.32. The van der Waals surface area contributed by atoms with Crippen LogP contribution in [0, 0.1) is 0 Å². The van der Waals surface area contributed by atoms with Gasteiger partial charge in [0.2, 0.25) is 0 Å². The maximum absolute atomic E-state index is 13.4. The number of rotatable bonds is 6. The second-order valence-electron chi connectivity index (χ2n) is 6.94. The summed E-state index contributed by atoms with van der Waals surface area (Å²) < 4.78 is 0.947. The van der Waals surface area contributed by atoms with Crippen LogP contribution in [0.4, 0.5) is 5.13 Å². The summed E-state index contributed by atoms with van der Waals surface area (Å²) in [6, 6.07) is 13.2. The lowest BCUT2D eigenvalue weighted by Gasteiger charge is -2.20. The molecule has 0 aliphatic carbocycles. The summed E-state index contributed by atoms with van der Waals surface area (Å²) in [6.45, 7) is 1.39. The third kappa shape index (κ3) is 4.70. The summed E-state index contributed by atoms with van der Waals surface area (Å²) in [5.74, 6) is -0.211. The molecule has 0 radical (unpaired) electrons. The molecule has 0 spiro atoms. The van der Waals surface area contributed by atoms with E-state index >= 15 is 0 Å². The molecule has 4 rings (SSSR count). The van der Waals surface area contributed by atoms with E-state index in [-0.39, 0.29) is 18.3 Å². The fourth-order valence-corrected chi connectivity index (χ4v) is 4.34. The number of aromatic nitrogens is 3. The predicted molar refractivity (Wildman–Crippen MR) is 126 cm³/mol. The highest BCUT2D eigenvalue weighted by Crippen LogP contribution is 2.33. The van der Waals surface area contributed by atoms with Gasteiger partial charge >= 0.3 is 0 Å². The summed E-state index contributed by atoms with van der Waals surface area (Å²) >= 11 is 7.75. The Bertz CT molecular complexity index is 1180. The first-order chi connectivity index (χ1) is 14.0. The molecule has 30 heavy (non-hydrogen) atoms. The molecule has 0 aliphatic rings. The minimum absolute atomic E-state index is 0. The molecule has 6 nitrogen and oxygen atoms in total. The zero-order chi connectivity index (χ0) is 20.4. The molecule has 0 atom stereocenters. The first kappa shape index (κ1) is 22.4. The van der Waals surface area contributed by atoms with Gasteiger partial charge in [-0.2, -0.15) is 0 Å². The summed E-state index contributed by atoms with van der Waals surface area (Å²) in [5, 5.41) is 1.20.